The van der Waals surface area contributed by atoms with Crippen molar-refractivity contribution >= 4 is 28.4 Å². The Balaban J connectivity index is 1.51. The van der Waals surface area contributed by atoms with Crippen LogP contribution in [-0.2, 0) is 0 Å². The fourth-order valence-corrected chi connectivity index (χ4v) is 3.57. The molecule has 4 nitrogen and oxygen atoms in total. The van der Waals surface area contributed by atoms with Crippen LogP contribution in [0.25, 0.3) is 10.9 Å². The van der Waals surface area contributed by atoms with Gasteiger partial charge in [0.1, 0.15) is 0 Å². The van der Waals surface area contributed by atoms with Gasteiger partial charge in [-0.3, -0.25) is 4.79 Å². The van der Waals surface area contributed by atoms with Crippen LogP contribution in [-0.4, -0.2) is 28.9 Å². The number of nitrogens with zero attached hydrogens (tertiary/aromatic N) is 1. The first kappa shape index (κ1) is 14.4. The van der Waals surface area contributed by atoms with Gasteiger partial charge in [-0.25, -0.2) is 0 Å². The molecule has 3 heterocycles. The van der Waals surface area contributed by atoms with Crippen LogP contribution in [0.5, 0.6) is 0 Å². The first-order valence-corrected chi connectivity index (χ1v) is 8.19. The van der Waals surface area contributed by atoms with Crippen LogP contribution in [0.3, 0.4) is 0 Å². The summed E-state index contributed by atoms with van der Waals surface area (Å²) in [6, 6.07) is 9.39. The van der Waals surface area contributed by atoms with Gasteiger partial charge in [-0.15, -0.1) is 0 Å². The first-order valence-electron chi connectivity index (χ1n) is 7.81. The predicted octanol–water partition coefficient (Wildman–Crippen LogP) is 4.43. The number of benzene rings is 1. The van der Waals surface area contributed by atoms with Gasteiger partial charge >= 0.3 is 0 Å². The highest BCUT2D eigenvalue weighted by Crippen LogP contribution is 2.34. The first-order chi connectivity index (χ1) is 11.2. The number of fused-ring (bicyclic) bond motifs is 1. The second kappa shape index (κ2) is 5.78. The molecule has 3 aromatic rings. The van der Waals surface area contributed by atoms with Crippen LogP contribution in [0.2, 0.25) is 5.02 Å². The average molecular weight is 329 g/mol. The maximum Gasteiger partial charge on any atom is 0.289 e. The largest absolute Gasteiger partial charge is 0.459 e. The summed E-state index contributed by atoms with van der Waals surface area (Å²) in [6.07, 6.45) is 5.52. The molecule has 23 heavy (non-hydrogen) atoms. The predicted molar refractivity (Wildman–Crippen MR) is 89.9 cm³/mol. The summed E-state index contributed by atoms with van der Waals surface area (Å²) < 4.78 is 5.21. The van der Waals surface area contributed by atoms with Gasteiger partial charge in [0, 0.05) is 35.2 Å². The van der Waals surface area contributed by atoms with Gasteiger partial charge in [0.15, 0.2) is 5.76 Å². The standard InChI is InChI=1S/C18H17ClN2O2/c19-13-3-4-16-14(10-13)15(11-20-16)12-5-7-21(8-6-12)18(22)17-2-1-9-23-17/h1-4,9-12,20H,5-8H2. The Hall–Kier alpha value is -2.20. The van der Waals surface area contributed by atoms with Crippen molar-refractivity contribution in [1.29, 1.82) is 0 Å². The van der Waals surface area contributed by atoms with E-state index in [9.17, 15) is 4.79 Å². The molecule has 0 aliphatic carbocycles. The van der Waals surface area contributed by atoms with E-state index >= 15 is 0 Å². The lowest BCUT2D eigenvalue weighted by Crippen LogP contribution is -2.37. The zero-order valence-corrected chi connectivity index (χ0v) is 13.3. The van der Waals surface area contributed by atoms with E-state index in [0.717, 1.165) is 36.5 Å². The van der Waals surface area contributed by atoms with Gasteiger partial charge in [0.05, 0.1) is 6.26 Å². The summed E-state index contributed by atoms with van der Waals surface area (Å²) >= 11 is 6.13. The Labute approximate surface area is 139 Å². The molecule has 1 fully saturated rings. The van der Waals surface area contributed by atoms with Crippen molar-refractivity contribution in [1.82, 2.24) is 9.88 Å². The summed E-state index contributed by atoms with van der Waals surface area (Å²) in [5.74, 6) is 0.848. The van der Waals surface area contributed by atoms with E-state index in [4.69, 9.17) is 16.0 Å². The van der Waals surface area contributed by atoms with Gasteiger partial charge < -0.3 is 14.3 Å². The van der Waals surface area contributed by atoms with E-state index in [1.54, 1.807) is 12.1 Å². The summed E-state index contributed by atoms with van der Waals surface area (Å²) in [4.78, 5) is 17.5. The van der Waals surface area contributed by atoms with Crippen LogP contribution >= 0.6 is 11.6 Å². The maximum absolute atomic E-state index is 12.3. The number of nitrogens with one attached hydrogen (secondary N) is 1. The summed E-state index contributed by atoms with van der Waals surface area (Å²) in [5.41, 5.74) is 2.41. The highest BCUT2D eigenvalue weighted by atomic mass is 35.5. The number of aromatic amines is 1. The number of carbonyl (C=O) groups excluding carboxylic acids is 1. The zero-order chi connectivity index (χ0) is 15.8. The minimum atomic E-state index is -0.0181. The number of amides is 1. The number of likely N-dealkylation sites (tertiary alicyclic amines) is 1. The van der Waals surface area contributed by atoms with Crippen molar-refractivity contribution in [3.8, 4) is 0 Å². The SMILES string of the molecule is O=C(c1ccco1)N1CCC(c2c[nH]c3ccc(Cl)cc23)CC1. The number of rotatable bonds is 2. The third kappa shape index (κ3) is 2.63. The number of piperidine rings is 1. The molecule has 1 aliphatic heterocycles. The second-order valence-corrected chi connectivity index (χ2v) is 6.41. The molecule has 0 atom stereocenters. The fourth-order valence-electron chi connectivity index (χ4n) is 3.40. The number of H-pyrrole nitrogens is 1. The summed E-state index contributed by atoms with van der Waals surface area (Å²) in [5, 5.41) is 1.94. The molecule has 1 N–H and O–H groups in total. The third-order valence-corrected chi connectivity index (χ3v) is 4.86. The van der Waals surface area contributed by atoms with Crippen LogP contribution in [0, 0.1) is 0 Å². The number of halogens is 1. The molecule has 1 saturated heterocycles. The van der Waals surface area contributed by atoms with E-state index in [2.05, 4.69) is 11.2 Å². The van der Waals surface area contributed by atoms with Gasteiger partial charge in [0.25, 0.3) is 5.91 Å². The minimum absolute atomic E-state index is 0.0181. The molecule has 0 radical (unpaired) electrons. The molecule has 118 valence electrons. The fraction of sp³-hybridized carbons (Fsp3) is 0.278. The number of furan rings is 1. The summed E-state index contributed by atoms with van der Waals surface area (Å²) in [7, 11) is 0. The average Bonchev–Trinajstić information content (AvgIpc) is 3.24. The smallest absolute Gasteiger partial charge is 0.289 e. The second-order valence-electron chi connectivity index (χ2n) is 5.98. The van der Waals surface area contributed by atoms with Gasteiger partial charge in [-0.05, 0) is 54.7 Å². The van der Waals surface area contributed by atoms with Gasteiger partial charge in [-0.2, -0.15) is 0 Å². The molecular weight excluding hydrogens is 312 g/mol. The normalized spacial score (nSPS) is 16.1. The number of carbonyl (C=O) groups is 1. The van der Waals surface area contributed by atoms with Crippen LogP contribution in [0.1, 0.15) is 34.9 Å². The van der Waals surface area contributed by atoms with Crippen LogP contribution in [0.15, 0.2) is 47.2 Å². The highest BCUT2D eigenvalue weighted by Gasteiger charge is 2.27. The van der Waals surface area contributed by atoms with Gasteiger partial charge in [0.2, 0.25) is 0 Å². The third-order valence-electron chi connectivity index (χ3n) is 4.63. The van der Waals surface area contributed by atoms with Gasteiger partial charge in [-0.1, -0.05) is 11.6 Å². The quantitative estimate of drug-likeness (QED) is 0.756. The van der Waals surface area contributed by atoms with Crippen molar-refractivity contribution in [3.63, 3.8) is 0 Å². The molecule has 0 unspecified atom stereocenters. The lowest BCUT2D eigenvalue weighted by molar-refractivity contribution is 0.0681. The highest BCUT2D eigenvalue weighted by molar-refractivity contribution is 6.31. The van der Waals surface area contributed by atoms with E-state index in [1.807, 2.05) is 23.1 Å². The molecule has 1 aromatic carbocycles. The Morgan fingerprint density at radius 3 is 2.83 bits per heavy atom. The van der Waals surface area contributed by atoms with Crippen molar-refractivity contribution in [2.75, 3.05) is 13.1 Å². The Morgan fingerprint density at radius 1 is 1.26 bits per heavy atom. The van der Waals surface area contributed by atoms with E-state index < -0.39 is 0 Å². The lowest BCUT2D eigenvalue weighted by Gasteiger charge is -2.31. The Bertz CT molecular complexity index is 830. The molecule has 0 spiro atoms. The van der Waals surface area contributed by atoms with Crippen molar-refractivity contribution in [2.45, 2.75) is 18.8 Å². The van der Waals surface area contributed by atoms with Crippen LogP contribution in [0.4, 0.5) is 0 Å². The number of hydrogen-bond acceptors (Lipinski definition) is 2. The molecule has 2 aromatic heterocycles. The molecule has 0 bridgehead atoms. The maximum atomic E-state index is 12.3. The van der Waals surface area contributed by atoms with E-state index in [-0.39, 0.29) is 5.91 Å². The molecule has 5 heteroatoms. The van der Waals surface area contributed by atoms with E-state index in [1.165, 1.54) is 17.2 Å². The topological polar surface area (TPSA) is 49.2 Å². The molecule has 1 aliphatic rings. The Morgan fingerprint density at radius 2 is 2.09 bits per heavy atom. The van der Waals surface area contributed by atoms with Crippen molar-refractivity contribution < 1.29 is 9.21 Å². The number of hydrogen-bond donors (Lipinski definition) is 1. The molecule has 1 amide bonds. The monoisotopic (exact) mass is 328 g/mol. The van der Waals surface area contributed by atoms with Crippen molar-refractivity contribution in [2.24, 2.45) is 0 Å². The molecule has 0 saturated carbocycles. The van der Waals surface area contributed by atoms with Crippen LogP contribution < -0.4 is 0 Å². The molecule has 4 rings (SSSR count). The van der Waals surface area contributed by atoms with E-state index in [0.29, 0.717) is 11.7 Å². The minimum Gasteiger partial charge on any atom is -0.459 e. The zero-order valence-electron chi connectivity index (χ0n) is 12.6. The number of aromatic nitrogens is 1. The van der Waals surface area contributed by atoms with Crippen molar-refractivity contribution in [3.05, 3.63) is 59.1 Å². The molecular formula is C18H17ClN2O2. The summed E-state index contributed by atoms with van der Waals surface area (Å²) in [6.45, 7) is 1.49. The Kier molecular flexibility index (Phi) is 3.62. The lowest BCUT2D eigenvalue weighted by atomic mass is 9.89.